The van der Waals surface area contributed by atoms with Crippen LogP contribution in [0.5, 0.6) is 0 Å². The maximum Gasteiger partial charge on any atom is 0.207 e. The number of rotatable bonds is 5. The van der Waals surface area contributed by atoms with E-state index in [-0.39, 0.29) is 0 Å². The summed E-state index contributed by atoms with van der Waals surface area (Å²) < 4.78 is 5.31. The summed E-state index contributed by atoms with van der Waals surface area (Å²) in [5, 5.41) is 2.54. The molecule has 0 fully saturated rings. The van der Waals surface area contributed by atoms with Crippen LogP contribution < -0.4 is 5.32 Å². The second-order valence-corrected chi connectivity index (χ2v) is 2.40. The van der Waals surface area contributed by atoms with Crippen molar-refractivity contribution in [2.75, 3.05) is 6.54 Å². The molecule has 66 valence electrons. The second kappa shape index (κ2) is 4.54. The second-order valence-electron chi connectivity index (χ2n) is 2.40. The Morgan fingerprint density at radius 2 is 2.58 bits per heavy atom. The number of hydrogen-bond donors (Lipinski definition) is 1. The minimum absolute atomic E-state index is 0.577. The SMILES string of the molecule is CCc1cnc(CCNC=O)o1. The van der Waals surface area contributed by atoms with Gasteiger partial charge in [-0.05, 0) is 0 Å². The van der Waals surface area contributed by atoms with Gasteiger partial charge in [0.1, 0.15) is 5.76 Å². The molecule has 1 aromatic rings. The van der Waals surface area contributed by atoms with Crippen LogP contribution >= 0.6 is 0 Å². The molecule has 1 amide bonds. The summed E-state index contributed by atoms with van der Waals surface area (Å²) in [6, 6.07) is 0. The molecule has 4 heteroatoms. The van der Waals surface area contributed by atoms with Crippen molar-refractivity contribution in [3.05, 3.63) is 17.8 Å². The molecule has 0 spiro atoms. The van der Waals surface area contributed by atoms with Gasteiger partial charge in [0.15, 0.2) is 5.89 Å². The molecule has 1 heterocycles. The van der Waals surface area contributed by atoms with Gasteiger partial charge in [0.25, 0.3) is 0 Å². The molecule has 0 radical (unpaired) electrons. The van der Waals surface area contributed by atoms with Gasteiger partial charge in [-0.25, -0.2) is 4.98 Å². The lowest BCUT2D eigenvalue weighted by atomic mass is 10.4. The van der Waals surface area contributed by atoms with Crippen molar-refractivity contribution in [3.8, 4) is 0 Å². The van der Waals surface area contributed by atoms with Crippen molar-refractivity contribution in [2.45, 2.75) is 19.8 Å². The van der Waals surface area contributed by atoms with Gasteiger partial charge in [-0.2, -0.15) is 0 Å². The zero-order chi connectivity index (χ0) is 8.81. The van der Waals surface area contributed by atoms with Gasteiger partial charge in [-0.3, -0.25) is 4.79 Å². The molecule has 0 saturated heterocycles. The first-order valence-corrected chi connectivity index (χ1v) is 3.97. The molecule has 0 saturated carbocycles. The van der Waals surface area contributed by atoms with E-state index in [1.54, 1.807) is 6.20 Å². The van der Waals surface area contributed by atoms with Crippen molar-refractivity contribution in [1.82, 2.24) is 10.3 Å². The highest BCUT2D eigenvalue weighted by molar-refractivity contribution is 5.45. The number of nitrogens with zero attached hydrogens (tertiary/aromatic N) is 1. The fourth-order valence-corrected chi connectivity index (χ4v) is 0.865. The van der Waals surface area contributed by atoms with E-state index < -0.39 is 0 Å². The van der Waals surface area contributed by atoms with E-state index >= 15 is 0 Å². The highest BCUT2D eigenvalue weighted by atomic mass is 16.4. The molecule has 0 aliphatic rings. The zero-order valence-electron chi connectivity index (χ0n) is 7.04. The Bertz CT molecular complexity index is 245. The van der Waals surface area contributed by atoms with E-state index in [2.05, 4.69) is 10.3 Å². The Kier molecular flexibility index (Phi) is 3.32. The minimum atomic E-state index is 0.577. The Morgan fingerprint density at radius 3 is 3.17 bits per heavy atom. The van der Waals surface area contributed by atoms with Gasteiger partial charge in [0, 0.05) is 19.4 Å². The van der Waals surface area contributed by atoms with Crippen molar-refractivity contribution in [2.24, 2.45) is 0 Å². The average molecular weight is 168 g/mol. The summed E-state index contributed by atoms with van der Waals surface area (Å²) in [4.78, 5) is 13.9. The van der Waals surface area contributed by atoms with E-state index in [1.807, 2.05) is 6.92 Å². The summed E-state index contributed by atoms with van der Waals surface area (Å²) in [7, 11) is 0. The Labute approximate surface area is 71.0 Å². The number of carbonyl (C=O) groups excluding carboxylic acids is 1. The maximum atomic E-state index is 9.89. The maximum absolute atomic E-state index is 9.89. The van der Waals surface area contributed by atoms with Crippen LogP contribution in [0, 0.1) is 0 Å². The molecule has 0 aromatic carbocycles. The van der Waals surface area contributed by atoms with E-state index in [9.17, 15) is 4.79 Å². The van der Waals surface area contributed by atoms with Gasteiger partial charge in [0.05, 0.1) is 6.20 Å². The highest BCUT2D eigenvalue weighted by Crippen LogP contribution is 2.03. The van der Waals surface area contributed by atoms with E-state index in [0.29, 0.717) is 25.3 Å². The van der Waals surface area contributed by atoms with Gasteiger partial charge < -0.3 is 9.73 Å². The van der Waals surface area contributed by atoms with E-state index in [4.69, 9.17) is 4.42 Å². The predicted molar refractivity (Wildman–Crippen MR) is 43.7 cm³/mol. The molecule has 12 heavy (non-hydrogen) atoms. The number of hydrogen-bond acceptors (Lipinski definition) is 3. The fourth-order valence-electron chi connectivity index (χ4n) is 0.865. The first kappa shape index (κ1) is 8.77. The van der Waals surface area contributed by atoms with Gasteiger partial charge >= 0.3 is 0 Å². The smallest absolute Gasteiger partial charge is 0.207 e. The number of nitrogens with one attached hydrogen (secondary N) is 1. The molecule has 0 atom stereocenters. The Hall–Kier alpha value is -1.32. The monoisotopic (exact) mass is 168 g/mol. The van der Waals surface area contributed by atoms with Crippen LogP contribution in [0.2, 0.25) is 0 Å². The van der Waals surface area contributed by atoms with Crippen molar-refractivity contribution in [3.63, 3.8) is 0 Å². The quantitative estimate of drug-likeness (QED) is 0.515. The molecule has 0 bridgehead atoms. The first-order chi connectivity index (χ1) is 5.86. The third kappa shape index (κ3) is 2.38. The summed E-state index contributed by atoms with van der Waals surface area (Å²) in [6.45, 7) is 2.58. The third-order valence-corrected chi connectivity index (χ3v) is 1.52. The molecule has 1 rings (SSSR count). The average Bonchev–Trinajstić information content (AvgIpc) is 2.53. The summed E-state index contributed by atoms with van der Waals surface area (Å²) in [6.07, 6.45) is 3.90. The zero-order valence-corrected chi connectivity index (χ0v) is 7.04. The molecule has 0 aliphatic heterocycles. The van der Waals surface area contributed by atoms with Crippen LogP contribution in [0.3, 0.4) is 0 Å². The van der Waals surface area contributed by atoms with Crippen molar-refractivity contribution < 1.29 is 9.21 Å². The van der Waals surface area contributed by atoms with Crippen LogP contribution in [-0.2, 0) is 17.6 Å². The number of amides is 1. The standard InChI is InChI=1S/C8H12N2O2/c1-2-7-5-10-8(12-7)3-4-9-6-11/h5-6H,2-4H2,1H3,(H,9,11). The normalized spacial score (nSPS) is 9.75. The predicted octanol–water partition coefficient (Wildman–Crippen LogP) is 0.525. The summed E-state index contributed by atoms with van der Waals surface area (Å²) >= 11 is 0. The molecule has 1 aromatic heterocycles. The van der Waals surface area contributed by atoms with Crippen molar-refractivity contribution in [1.29, 1.82) is 0 Å². The summed E-state index contributed by atoms with van der Waals surface area (Å²) in [5.74, 6) is 1.57. The molecule has 0 aliphatic carbocycles. The van der Waals surface area contributed by atoms with Crippen LogP contribution in [0.4, 0.5) is 0 Å². The fraction of sp³-hybridized carbons (Fsp3) is 0.500. The van der Waals surface area contributed by atoms with E-state index in [0.717, 1.165) is 12.2 Å². The lowest BCUT2D eigenvalue weighted by Crippen LogP contribution is -2.14. The molecule has 4 nitrogen and oxygen atoms in total. The highest BCUT2D eigenvalue weighted by Gasteiger charge is 2.00. The van der Waals surface area contributed by atoms with Crippen LogP contribution in [-0.4, -0.2) is 17.9 Å². The lowest BCUT2D eigenvalue weighted by Gasteiger charge is -1.93. The van der Waals surface area contributed by atoms with Crippen molar-refractivity contribution >= 4 is 6.41 Å². The number of aryl methyl sites for hydroxylation is 1. The first-order valence-electron chi connectivity index (χ1n) is 3.97. The lowest BCUT2D eigenvalue weighted by molar-refractivity contribution is -0.109. The number of oxazole rings is 1. The van der Waals surface area contributed by atoms with Crippen LogP contribution in [0.25, 0.3) is 0 Å². The van der Waals surface area contributed by atoms with Gasteiger partial charge in [-0.15, -0.1) is 0 Å². The molecular formula is C8H12N2O2. The Morgan fingerprint density at radius 1 is 1.75 bits per heavy atom. The number of aromatic nitrogens is 1. The minimum Gasteiger partial charge on any atom is -0.446 e. The van der Waals surface area contributed by atoms with Crippen LogP contribution in [0.15, 0.2) is 10.6 Å². The largest absolute Gasteiger partial charge is 0.446 e. The third-order valence-electron chi connectivity index (χ3n) is 1.52. The summed E-state index contributed by atoms with van der Waals surface area (Å²) in [5.41, 5.74) is 0. The van der Waals surface area contributed by atoms with Gasteiger partial charge in [-0.1, -0.05) is 6.92 Å². The van der Waals surface area contributed by atoms with Crippen LogP contribution in [0.1, 0.15) is 18.6 Å². The molecule has 0 unspecified atom stereocenters. The molecule has 1 N–H and O–H groups in total. The molecular weight excluding hydrogens is 156 g/mol. The Balaban J connectivity index is 2.36. The number of carbonyl (C=O) groups is 1. The van der Waals surface area contributed by atoms with Gasteiger partial charge in [0.2, 0.25) is 6.41 Å². The topological polar surface area (TPSA) is 55.1 Å². The van der Waals surface area contributed by atoms with E-state index in [1.165, 1.54) is 0 Å².